The van der Waals surface area contributed by atoms with Gasteiger partial charge in [-0.3, -0.25) is 0 Å². The average molecular weight is 143 g/mol. The van der Waals surface area contributed by atoms with Gasteiger partial charge < -0.3 is 5.73 Å². The van der Waals surface area contributed by atoms with Gasteiger partial charge in [-0.2, -0.15) is 0 Å². The summed E-state index contributed by atoms with van der Waals surface area (Å²) in [6.07, 6.45) is 0. The van der Waals surface area contributed by atoms with E-state index in [-0.39, 0.29) is 0 Å². The molecule has 1 aromatic heterocycles. The number of rotatable bonds is 0. The van der Waals surface area contributed by atoms with Crippen LogP contribution in [0.4, 0.5) is 0 Å². The Morgan fingerprint density at radius 3 is 2.33 bits per heavy atom. The molecule has 0 amide bonds. The molecule has 0 aliphatic carbocycles. The lowest BCUT2D eigenvalue weighted by Crippen LogP contribution is -1.87. The third kappa shape index (κ3) is 5.53. The first-order chi connectivity index (χ1) is 4.31. The van der Waals surface area contributed by atoms with Gasteiger partial charge in [0, 0.05) is 4.88 Å². The van der Waals surface area contributed by atoms with Gasteiger partial charge in [0.2, 0.25) is 0 Å². The minimum absolute atomic E-state index is 0.750. The van der Waals surface area contributed by atoms with Crippen molar-refractivity contribution in [1.29, 1.82) is 0 Å². The Hall–Kier alpha value is -0.340. The summed E-state index contributed by atoms with van der Waals surface area (Å²) in [5.74, 6) is 0. The molecule has 2 heteroatoms. The second-order valence-corrected chi connectivity index (χ2v) is 2.78. The van der Waals surface area contributed by atoms with Crippen molar-refractivity contribution in [1.82, 2.24) is 0 Å². The predicted octanol–water partition coefficient (Wildman–Crippen LogP) is 2.02. The highest BCUT2D eigenvalue weighted by Crippen LogP contribution is 2.03. The fourth-order valence-corrected chi connectivity index (χ4v) is 0.890. The Kier molecular flexibility index (Phi) is 5.57. The lowest BCUT2D eigenvalue weighted by molar-refractivity contribution is 1.14. The maximum absolute atomic E-state index is 4.85. The number of thiophene rings is 1. The van der Waals surface area contributed by atoms with E-state index in [0.717, 1.165) is 6.54 Å². The van der Waals surface area contributed by atoms with E-state index in [1.807, 2.05) is 6.92 Å². The zero-order chi connectivity index (χ0) is 7.11. The molecule has 0 bridgehead atoms. The minimum atomic E-state index is 0.750. The Balaban J connectivity index is 0.000000187. The summed E-state index contributed by atoms with van der Waals surface area (Å²) >= 11 is 1.78. The van der Waals surface area contributed by atoms with Crippen LogP contribution in [0, 0.1) is 6.92 Å². The summed E-state index contributed by atoms with van der Waals surface area (Å²) in [5.41, 5.74) is 4.85. The third-order valence-corrected chi connectivity index (χ3v) is 1.46. The third-order valence-electron chi connectivity index (χ3n) is 0.663. The largest absolute Gasteiger partial charge is 0.331 e. The van der Waals surface area contributed by atoms with Gasteiger partial charge in [-0.1, -0.05) is 13.0 Å². The van der Waals surface area contributed by atoms with Crippen LogP contribution >= 0.6 is 11.3 Å². The highest BCUT2D eigenvalue weighted by molar-refractivity contribution is 7.09. The summed E-state index contributed by atoms with van der Waals surface area (Å²) in [7, 11) is 0. The van der Waals surface area contributed by atoms with Crippen LogP contribution in [0.5, 0.6) is 0 Å². The van der Waals surface area contributed by atoms with Crippen molar-refractivity contribution in [3.63, 3.8) is 0 Å². The van der Waals surface area contributed by atoms with Crippen LogP contribution in [0.25, 0.3) is 0 Å². The molecule has 1 heterocycles. The Labute approximate surface area is 60.5 Å². The summed E-state index contributed by atoms with van der Waals surface area (Å²) < 4.78 is 0. The van der Waals surface area contributed by atoms with Crippen LogP contribution < -0.4 is 5.73 Å². The van der Waals surface area contributed by atoms with Gasteiger partial charge in [0.15, 0.2) is 0 Å². The summed E-state index contributed by atoms with van der Waals surface area (Å²) in [4.78, 5) is 1.38. The Bertz CT molecular complexity index is 123. The first-order valence-electron chi connectivity index (χ1n) is 3.01. The van der Waals surface area contributed by atoms with E-state index >= 15 is 0 Å². The molecular weight excluding hydrogens is 130 g/mol. The lowest BCUT2D eigenvalue weighted by Gasteiger charge is -1.65. The number of hydrogen-bond donors (Lipinski definition) is 1. The van der Waals surface area contributed by atoms with Crippen LogP contribution in [0.3, 0.4) is 0 Å². The van der Waals surface area contributed by atoms with E-state index in [0.29, 0.717) is 0 Å². The summed E-state index contributed by atoms with van der Waals surface area (Å²) in [6.45, 7) is 4.75. The molecule has 0 unspecified atom stereocenters. The normalized spacial score (nSPS) is 7.89. The van der Waals surface area contributed by atoms with Gasteiger partial charge >= 0.3 is 0 Å². The fourth-order valence-electron chi connectivity index (χ4n) is 0.361. The molecular formula is C7H13NS. The number of hydrogen-bond acceptors (Lipinski definition) is 2. The van der Waals surface area contributed by atoms with Crippen molar-refractivity contribution >= 4 is 11.3 Å². The molecule has 1 rings (SSSR count). The fraction of sp³-hybridized carbons (Fsp3) is 0.429. The van der Waals surface area contributed by atoms with E-state index in [1.54, 1.807) is 11.3 Å². The van der Waals surface area contributed by atoms with Crippen molar-refractivity contribution < 1.29 is 0 Å². The average Bonchev–Trinajstić information content (AvgIpc) is 2.20. The summed E-state index contributed by atoms with van der Waals surface area (Å²) in [6, 6.07) is 4.16. The van der Waals surface area contributed by atoms with Crippen LogP contribution in [0.15, 0.2) is 17.5 Å². The van der Waals surface area contributed by atoms with Gasteiger partial charge in [0.25, 0.3) is 0 Å². The van der Waals surface area contributed by atoms with E-state index in [9.17, 15) is 0 Å². The molecule has 52 valence electrons. The Morgan fingerprint density at radius 1 is 1.67 bits per heavy atom. The van der Waals surface area contributed by atoms with Crippen LogP contribution in [-0.2, 0) is 0 Å². The molecule has 0 aliphatic heterocycles. The zero-order valence-corrected chi connectivity index (χ0v) is 6.74. The van der Waals surface area contributed by atoms with Crippen molar-refractivity contribution in [2.45, 2.75) is 13.8 Å². The molecule has 0 aliphatic rings. The molecule has 0 spiro atoms. The molecule has 1 nitrogen and oxygen atoms in total. The molecule has 2 N–H and O–H groups in total. The smallest absolute Gasteiger partial charge is 0.00141 e. The molecule has 0 radical (unpaired) electrons. The summed E-state index contributed by atoms with van der Waals surface area (Å²) in [5, 5.41) is 2.08. The van der Waals surface area contributed by atoms with Gasteiger partial charge in [-0.05, 0) is 24.9 Å². The van der Waals surface area contributed by atoms with E-state index in [4.69, 9.17) is 5.73 Å². The SMILES string of the molecule is CCN.Cc1cccs1. The van der Waals surface area contributed by atoms with Gasteiger partial charge in [-0.15, -0.1) is 11.3 Å². The predicted molar refractivity (Wildman–Crippen MR) is 43.8 cm³/mol. The molecule has 0 saturated carbocycles. The van der Waals surface area contributed by atoms with E-state index < -0.39 is 0 Å². The highest BCUT2D eigenvalue weighted by Gasteiger charge is 1.74. The zero-order valence-electron chi connectivity index (χ0n) is 5.92. The van der Waals surface area contributed by atoms with Crippen LogP contribution in [-0.4, -0.2) is 6.54 Å². The van der Waals surface area contributed by atoms with Crippen molar-refractivity contribution in [3.05, 3.63) is 22.4 Å². The standard InChI is InChI=1S/C5H6S.C2H7N/c1-5-3-2-4-6-5;1-2-3/h2-4H,1H3;2-3H2,1H3. The quantitative estimate of drug-likeness (QED) is 0.591. The molecule has 0 saturated heterocycles. The van der Waals surface area contributed by atoms with E-state index in [2.05, 4.69) is 24.4 Å². The first-order valence-corrected chi connectivity index (χ1v) is 3.89. The number of aryl methyl sites for hydroxylation is 1. The Morgan fingerprint density at radius 2 is 2.22 bits per heavy atom. The van der Waals surface area contributed by atoms with Gasteiger partial charge in [0.1, 0.15) is 0 Å². The van der Waals surface area contributed by atoms with Gasteiger partial charge in [-0.25, -0.2) is 0 Å². The van der Waals surface area contributed by atoms with Crippen molar-refractivity contribution in [2.24, 2.45) is 5.73 Å². The number of nitrogens with two attached hydrogens (primary N) is 1. The molecule has 0 aromatic carbocycles. The first kappa shape index (κ1) is 8.66. The lowest BCUT2D eigenvalue weighted by atomic mass is 10.5. The highest BCUT2D eigenvalue weighted by atomic mass is 32.1. The molecule has 0 fully saturated rings. The minimum Gasteiger partial charge on any atom is -0.331 e. The van der Waals surface area contributed by atoms with Crippen molar-refractivity contribution in [3.8, 4) is 0 Å². The molecule has 9 heavy (non-hydrogen) atoms. The van der Waals surface area contributed by atoms with E-state index in [1.165, 1.54) is 4.88 Å². The van der Waals surface area contributed by atoms with Crippen LogP contribution in [0.2, 0.25) is 0 Å². The molecule has 1 aromatic rings. The maximum atomic E-state index is 4.85. The maximum Gasteiger partial charge on any atom is 0.00141 e. The van der Waals surface area contributed by atoms with Gasteiger partial charge in [0.05, 0.1) is 0 Å². The monoisotopic (exact) mass is 143 g/mol. The van der Waals surface area contributed by atoms with Crippen LogP contribution in [0.1, 0.15) is 11.8 Å². The second kappa shape index (κ2) is 5.79. The second-order valence-electron chi connectivity index (χ2n) is 1.63. The van der Waals surface area contributed by atoms with Crippen molar-refractivity contribution in [2.75, 3.05) is 6.54 Å². The molecule has 0 atom stereocenters. The topological polar surface area (TPSA) is 26.0 Å².